The van der Waals surface area contributed by atoms with Crippen molar-refractivity contribution in [2.24, 2.45) is 10.7 Å². The Morgan fingerprint density at radius 2 is 2.00 bits per heavy atom. The van der Waals surface area contributed by atoms with Crippen LogP contribution in [0.15, 0.2) is 4.99 Å². The number of hydrogen-bond donors (Lipinski definition) is 3. The van der Waals surface area contributed by atoms with Gasteiger partial charge < -0.3 is 16.2 Å². The summed E-state index contributed by atoms with van der Waals surface area (Å²) in [6, 6.07) is 0.274. The number of rotatable bonds is 2. The molecule has 1 rings (SSSR count). The molecule has 1 aliphatic carbocycles. The minimum Gasteiger partial charge on any atom is -0.391 e. The Bertz CT molecular complexity index is 216. The highest BCUT2D eigenvalue weighted by Gasteiger charge is 2.21. The predicted molar refractivity (Wildman–Crippen MR) is 62.8 cm³/mol. The molecule has 0 heterocycles. The van der Waals surface area contributed by atoms with Crippen LogP contribution in [0.3, 0.4) is 0 Å². The van der Waals surface area contributed by atoms with Gasteiger partial charge in [-0.2, -0.15) is 0 Å². The van der Waals surface area contributed by atoms with Crippen molar-refractivity contribution in [2.45, 2.75) is 64.1 Å². The van der Waals surface area contributed by atoms with Crippen molar-refractivity contribution in [2.75, 3.05) is 0 Å². The maximum absolute atomic E-state index is 9.84. The van der Waals surface area contributed by atoms with E-state index in [0.29, 0.717) is 5.96 Å². The molecule has 15 heavy (non-hydrogen) atoms. The maximum Gasteiger partial charge on any atom is 0.189 e. The SMILES string of the molecule is CC(C)NC(N)=NC1CCCCCC1O. The smallest absolute Gasteiger partial charge is 0.189 e. The lowest BCUT2D eigenvalue weighted by Crippen LogP contribution is -2.39. The predicted octanol–water partition coefficient (Wildman–Crippen LogP) is 0.993. The van der Waals surface area contributed by atoms with Crippen molar-refractivity contribution in [3.63, 3.8) is 0 Å². The first-order valence-corrected chi connectivity index (χ1v) is 5.87. The molecule has 0 aliphatic heterocycles. The summed E-state index contributed by atoms with van der Waals surface area (Å²) in [4.78, 5) is 4.35. The van der Waals surface area contributed by atoms with Crippen LogP contribution in [-0.4, -0.2) is 29.3 Å². The summed E-state index contributed by atoms with van der Waals surface area (Å²) in [6.45, 7) is 4.04. The van der Waals surface area contributed by atoms with Gasteiger partial charge in [-0.3, -0.25) is 0 Å². The van der Waals surface area contributed by atoms with Crippen LogP contribution in [0.2, 0.25) is 0 Å². The molecule has 0 aromatic carbocycles. The van der Waals surface area contributed by atoms with Crippen molar-refractivity contribution < 1.29 is 5.11 Å². The Hall–Kier alpha value is -0.770. The van der Waals surface area contributed by atoms with E-state index in [1.165, 1.54) is 6.42 Å². The monoisotopic (exact) mass is 213 g/mol. The fraction of sp³-hybridized carbons (Fsp3) is 0.909. The second-order valence-electron chi connectivity index (χ2n) is 4.59. The molecule has 1 fully saturated rings. The summed E-state index contributed by atoms with van der Waals surface area (Å²) in [5, 5.41) is 12.9. The molecule has 4 nitrogen and oxygen atoms in total. The quantitative estimate of drug-likeness (QED) is 0.364. The van der Waals surface area contributed by atoms with Gasteiger partial charge in [0.25, 0.3) is 0 Å². The third-order valence-electron chi connectivity index (χ3n) is 2.69. The molecule has 4 heteroatoms. The molecule has 4 N–H and O–H groups in total. The van der Waals surface area contributed by atoms with Crippen molar-refractivity contribution >= 4 is 5.96 Å². The summed E-state index contributed by atoms with van der Waals surface area (Å²) < 4.78 is 0. The molecular formula is C11H23N3O. The average Bonchev–Trinajstić information content (AvgIpc) is 2.30. The summed E-state index contributed by atoms with van der Waals surface area (Å²) >= 11 is 0. The van der Waals surface area contributed by atoms with Crippen molar-refractivity contribution in [1.82, 2.24) is 5.32 Å². The van der Waals surface area contributed by atoms with Gasteiger partial charge in [-0.15, -0.1) is 0 Å². The van der Waals surface area contributed by atoms with E-state index in [-0.39, 0.29) is 18.2 Å². The summed E-state index contributed by atoms with van der Waals surface area (Å²) in [6.07, 6.45) is 4.91. The van der Waals surface area contributed by atoms with Crippen molar-refractivity contribution in [1.29, 1.82) is 0 Å². The first-order chi connectivity index (χ1) is 7.09. The molecule has 0 amide bonds. The van der Waals surface area contributed by atoms with Crippen molar-refractivity contribution in [3.05, 3.63) is 0 Å². The number of aliphatic hydroxyl groups excluding tert-OH is 1. The van der Waals surface area contributed by atoms with Crippen LogP contribution in [0.5, 0.6) is 0 Å². The molecular weight excluding hydrogens is 190 g/mol. The van der Waals surface area contributed by atoms with Crippen LogP contribution in [0.4, 0.5) is 0 Å². The molecule has 1 saturated carbocycles. The molecule has 0 spiro atoms. The Balaban J connectivity index is 2.52. The topological polar surface area (TPSA) is 70.6 Å². The van der Waals surface area contributed by atoms with Gasteiger partial charge in [0.15, 0.2) is 5.96 Å². The second-order valence-corrected chi connectivity index (χ2v) is 4.59. The van der Waals surface area contributed by atoms with Gasteiger partial charge in [-0.25, -0.2) is 4.99 Å². The van der Waals surface area contributed by atoms with Crippen LogP contribution in [0.25, 0.3) is 0 Å². The van der Waals surface area contributed by atoms with Crippen LogP contribution in [-0.2, 0) is 0 Å². The van der Waals surface area contributed by atoms with Crippen LogP contribution >= 0.6 is 0 Å². The third-order valence-corrected chi connectivity index (χ3v) is 2.69. The normalized spacial score (nSPS) is 28.9. The zero-order valence-electron chi connectivity index (χ0n) is 9.74. The molecule has 0 aromatic heterocycles. The van der Waals surface area contributed by atoms with Gasteiger partial charge in [0.05, 0.1) is 12.1 Å². The summed E-state index contributed by atoms with van der Waals surface area (Å²) in [7, 11) is 0. The van der Waals surface area contributed by atoms with E-state index < -0.39 is 0 Å². The number of guanidine groups is 1. The van der Waals surface area contributed by atoms with Gasteiger partial charge in [0.1, 0.15) is 0 Å². The van der Waals surface area contributed by atoms with Gasteiger partial charge in [-0.05, 0) is 26.7 Å². The van der Waals surface area contributed by atoms with E-state index in [1.54, 1.807) is 0 Å². The lowest BCUT2D eigenvalue weighted by Gasteiger charge is -2.18. The Kier molecular flexibility index (Phi) is 4.88. The Morgan fingerprint density at radius 3 is 2.67 bits per heavy atom. The molecule has 0 bridgehead atoms. The number of nitrogens with one attached hydrogen (secondary N) is 1. The van der Waals surface area contributed by atoms with Crippen LogP contribution < -0.4 is 11.1 Å². The molecule has 1 aliphatic rings. The highest BCUT2D eigenvalue weighted by atomic mass is 16.3. The van der Waals surface area contributed by atoms with Crippen LogP contribution in [0.1, 0.15) is 46.0 Å². The van der Waals surface area contributed by atoms with E-state index in [2.05, 4.69) is 10.3 Å². The van der Waals surface area contributed by atoms with E-state index >= 15 is 0 Å². The molecule has 2 unspecified atom stereocenters. The van der Waals surface area contributed by atoms with Gasteiger partial charge in [0.2, 0.25) is 0 Å². The molecule has 0 aromatic rings. The summed E-state index contributed by atoms with van der Waals surface area (Å²) in [5.74, 6) is 0.455. The lowest BCUT2D eigenvalue weighted by atomic mass is 10.1. The minimum atomic E-state index is -0.319. The first kappa shape index (κ1) is 12.3. The number of hydrogen-bond acceptors (Lipinski definition) is 2. The van der Waals surface area contributed by atoms with E-state index in [0.717, 1.165) is 25.7 Å². The number of aliphatic imine (C=N–C) groups is 1. The maximum atomic E-state index is 9.84. The molecule has 0 saturated heterocycles. The Morgan fingerprint density at radius 1 is 1.33 bits per heavy atom. The molecule has 0 radical (unpaired) electrons. The zero-order chi connectivity index (χ0) is 11.3. The first-order valence-electron chi connectivity index (χ1n) is 5.87. The number of nitrogens with two attached hydrogens (primary N) is 1. The minimum absolute atomic E-state index is 0.0150. The zero-order valence-corrected chi connectivity index (χ0v) is 9.74. The number of aliphatic hydroxyl groups is 1. The fourth-order valence-electron chi connectivity index (χ4n) is 1.93. The van der Waals surface area contributed by atoms with Crippen molar-refractivity contribution in [3.8, 4) is 0 Å². The largest absolute Gasteiger partial charge is 0.391 e. The highest BCUT2D eigenvalue weighted by molar-refractivity contribution is 5.78. The standard InChI is InChI=1S/C11H23N3O/c1-8(2)13-11(12)14-9-6-4-3-5-7-10(9)15/h8-10,15H,3-7H2,1-2H3,(H3,12,13,14). The average molecular weight is 213 g/mol. The fourth-order valence-corrected chi connectivity index (χ4v) is 1.93. The number of nitrogens with zero attached hydrogens (tertiary/aromatic N) is 1. The lowest BCUT2D eigenvalue weighted by molar-refractivity contribution is 0.138. The van der Waals surface area contributed by atoms with Gasteiger partial charge >= 0.3 is 0 Å². The highest BCUT2D eigenvalue weighted by Crippen LogP contribution is 2.20. The molecule has 2 atom stereocenters. The summed E-state index contributed by atoms with van der Waals surface area (Å²) in [5.41, 5.74) is 5.75. The van der Waals surface area contributed by atoms with E-state index in [4.69, 9.17) is 5.73 Å². The second kappa shape index (κ2) is 5.95. The van der Waals surface area contributed by atoms with E-state index in [9.17, 15) is 5.11 Å². The van der Waals surface area contributed by atoms with Gasteiger partial charge in [0, 0.05) is 6.04 Å². The third kappa shape index (κ3) is 4.51. The van der Waals surface area contributed by atoms with E-state index in [1.807, 2.05) is 13.8 Å². The Labute approximate surface area is 92.0 Å². The van der Waals surface area contributed by atoms with Crippen LogP contribution in [0, 0.1) is 0 Å². The van der Waals surface area contributed by atoms with Gasteiger partial charge in [-0.1, -0.05) is 19.3 Å². The molecule has 88 valence electrons.